The molecule has 2 saturated heterocycles. The number of amides is 1. The quantitative estimate of drug-likeness (QED) is 0.175. The van der Waals surface area contributed by atoms with Crippen LogP contribution in [0.1, 0.15) is 48.9 Å². The van der Waals surface area contributed by atoms with Crippen LogP contribution in [-0.2, 0) is 22.6 Å². The number of fused-ring (bicyclic) bond motifs is 1. The minimum Gasteiger partial charge on any atom is -0.508 e. The normalized spacial score (nSPS) is 21.7. The van der Waals surface area contributed by atoms with Gasteiger partial charge in [0.2, 0.25) is 12.3 Å². The van der Waals surface area contributed by atoms with E-state index >= 15 is 0 Å². The number of aliphatic imine (C=N–C) groups is 1. The maximum Gasteiger partial charge on any atom is 0.213 e. The van der Waals surface area contributed by atoms with Crippen LogP contribution in [0.4, 0.5) is 4.39 Å². The van der Waals surface area contributed by atoms with Crippen LogP contribution in [-0.4, -0.2) is 89.7 Å². The Morgan fingerprint density at radius 2 is 1.92 bits per heavy atom. The summed E-state index contributed by atoms with van der Waals surface area (Å²) in [5.74, 6) is 1.98. The monoisotopic (exact) mass is 701 g/mol. The number of amidine groups is 1. The van der Waals surface area contributed by atoms with Crippen molar-refractivity contribution in [3.8, 4) is 11.6 Å². The molecule has 3 aromatic rings. The van der Waals surface area contributed by atoms with Crippen molar-refractivity contribution in [2.45, 2.75) is 63.3 Å². The molecule has 0 bridgehead atoms. The number of phenolic OH excluding ortho intramolecular Hbond substituents is 1. The summed E-state index contributed by atoms with van der Waals surface area (Å²) in [6, 6.07) is 18.0. The molecule has 1 aliphatic carbocycles. The lowest BCUT2D eigenvalue weighted by Gasteiger charge is -2.38. The van der Waals surface area contributed by atoms with Crippen molar-refractivity contribution in [2.75, 3.05) is 39.3 Å². The lowest BCUT2D eigenvalue weighted by molar-refractivity contribution is -0.109. The maximum absolute atomic E-state index is 14.1. The highest BCUT2D eigenvalue weighted by Crippen LogP contribution is 2.31. The summed E-state index contributed by atoms with van der Waals surface area (Å²) in [7, 11) is 0. The Hall–Kier alpha value is -4.25. The fourth-order valence-corrected chi connectivity index (χ4v) is 6.83. The highest BCUT2D eigenvalue weighted by molar-refractivity contribution is 6.30. The van der Waals surface area contributed by atoms with E-state index in [9.17, 15) is 9.18 Å². The minimum absolute atomic E-state index is 0.119. The molecule has 2 aromatic carbocycles. The second-order valence-electron chi connectivity index (χ2n) is 13.2. The number of carbonyl (C=O) groups excluding carboxylic acids is 1. The van der Waals surface area contributed by atoms with Crippen molar-refractivity contribution in [1.29, 1.82) is 0 Å². The van der Waals surface area contributed by atoms with Crippen LogP contribution < -0.4 is 10.1 Å². The molecule has 9 nitrogen and oxygen atoms in total. The molecule has 0 saturated carbocycles. The Balaban J connectivity index is 0.000000306. The van der Waals surface area contributed by atoms with Crippen molar-refractivity contribution in [2.24, 2.45) is 4.99 Å². The lowest BCUT2D eigenvalue weighted by atomic mass is 9.93. The first-order valence-corrected chi connectivity index (χ1v) is 17.7. The van der Waals surface area contributed by atoms with Gasteiger partial charge in [-0.05, 0) is 81.6 Å². The Kier molecular flexibility index (Phi) is 12.2. The Morgan fingerprint density at radius 3 is 2.64 bits per heavy atom. The number of halogens is 2. The highest BCUT2D eigenvalue weighted by atomic mass is 35.5. The smallest absolute Gasteiger partial charge is 0.213 e. The average molecular weight is 702 g/mol. The van der Waals surface area contributed by atoms with Crippen LogP contribution in [0.5, 0.6) is 11.6 Å². The number of nitrogens with zero attached hydrogens (tertiary/aromatic N) is 4. The van der Waals surface area contributed by atoms with E-state index in [0.29, 0.717) is 47.5 Å². The van der Waals surface area contributed by atoms with Gasteiger partial charge < -0.3 is 24.8 Å². The summed E-state index contributed by atoms with van der Waals surface area (Å²) in [5.41, 5.74) is 3.89. The summed E-state index contributed by atoms with van der Waals surface area (Å²) >= 11 is 5.85. The molecule has 3 unspecified atom stereocenters. The van der Waals surface area contributed by atoms with Crippen LogP contribution in [0, 0.1) is 5.82 Å². The maximum atomic E-state index is 14.1. The summed E-state index contributed by atoms with van der Waals surface area (Å²) in [4.78, 5) is 24.8. The Bertz CT molecular complexity index is 1690. The highest BCUT2D eigenvalue weighted by Gasteiger charge is 2.38. The zero-order valence-electron chi connectivity index (χ0n) is 28.4. The molecule has 0 radical (unpaired) electrons. The molecule has 4 heterocycles. The third-order valence-electron chi connectivity index (χ3n) is 9.61. The van der Waals surface area contributed by atoms with E-state index in [4.69, 9.17) is 36.2 Å². The molecule has 50 heavy (non-hydrogen) atoms. The van der Waals surface area contributed by atoms with Gasteiger partial charge in [0.25, 0.3) is 0 Å². The molecular formula is C39H45ClFN5O4. The number of likely N-dealkylation sites (tertiary alicyclic amines) is 1. The lowest BCUT2D eigenvalue weighted by Crippen LogP contribution is -2.50. The summed E-state index contributed by atoms with van der Waals surface area (Å²) in [6.07, 6.45) is 11.8. The van der Waals surface area contributed by atoms with E-state index in [1.165, 1.54) is 17.5 Å². The summed E-state index contributed by atoms with van der Waals surface area (Å²) in [6.45, 7) is 7.57. The summed E-state index contributed by atoms with van der Waals surface area (Å²) in [5, 5.41) is 11.9. The predicted molar refractivity (Wildman–Crippen MR) is 193 cm³/mol. The van der Waals surface area contributed by atoms with Gasteiger partial charge in [0.1, 0.15) is 24.0 Å². The number of pyridine rings is 1. The third kappa shape index (κ3) is 9.50. The van der Waals surface area contributed by atoms with Crippen molar-refractivity contribution in [1.82, 2.24) is 20.1 Å². The molecule has 2 N–H and O–H groups in total. The minimum atomic E-state index is -0.367. The van der Waals surface area contributed by atoms with E-state index in [0.717, 1.165) is 69.7 Å². The standard InChI is InChI=1S/C30H34ClFN4O2.C9H11NO2/c1-20-5-8-28-27(15-20)33-29(36(28)17-24-11-14-37-24)18-35-12-9-21(10-13-35)26-3-2-4-30(34-26)38-19-22-6-7-23(31)16-25(22)32;11-7-10-6-5-8-1-3-9(12)4-2-8/h2-8,15-16,21,24,27-28H,9-14,17-19H2,1H3;1-4,7,12H,5-6H2,(H,10,11). The third-order valence-corrected chi connectivity index (χ3v) is 9.84. The van der Waals surface area contributed by atoms with Crippen LogP contribution in [0.15, 0.2) is 89.5 Å². The number of allylic oxidation sites excluding steroid dienone is 2. The SMILES string of the molecule is CC1=CC2N=C(CN3CCC(c4cccc(OCc5ccc(Cl)cc5F)n4)CC3)N(CC3CCO3)C2C=C1.O=CNCCc1ccc(O)cc1. The van der Waals surface area contributed by atoms with Gasteiger partial charge in [-0.3, -0.25) is 14.7 Å². The number of hydrogen-bond acceptors (Lipinski definition) is 8. The molecule has 3 atom stereocenters. The van der Waals surface area contributed by atoms with Gasteiger partial charge in [0, 0.05) is 48.0 Å². The van der Waals surface area contributed by atoms with Gasteiger partial charge in [0.05, 0.1) is 24.7 Å². The largest absolute Gasteiger partial charge is 0.508 e. The zero-order valence-corrected chi connectivity index (χ0v) is 29.1. The predicted octanol–water partition coefficient (Wildman–Crippen LogP) is 6.07. The zero-order chi connectivity index (χ0) is 34.9. The van der Waals surface area contributed by atoms with Crippen molar-refractivity contribution >= 4 is 23.8 Å². The van der Waals surface area contributed by atoms with Crippen LogP contribution in [0.2, 0.25) is 5.02 Å². The number of ether oxygens (including phenoxy) is 2. The van der Waals surface area contributed by atoms with E-state index in [2.05, 4.69) is 46.3 Å². The number of phenols is 1. The van der Waals surface area contributed by atoms with Gasteiger partial charge in [-0.1, -0.05) is 59.7 Å². The van der Waals surface area contributed by atoms with Gasteiger partial charge in [-0.25, -0.2) is 9.37 Å². The molecule has 1 aromatic heterocycles. The number of hydrogen-bond donors (Lipinski definition) is 2. The molecule has 3 aliphatic heterocycles. The van der Waals surface area contributed by atoms with E-state index in [1.807, 2.05) is 24.3 Å². The van der Waals surface area contributed by atoms with E-state index in [-0.39, 0.29) is 24.2 Å². The molecule has 7 rings (SSSR count). The number of nitrogens with one attached hydrogen (secondary N) is 1. The molecule has 2 fully saturated rings. The Labute approximate surface area is 298 Å². The van der Waals surface area contributed by atoms with Crippen LogP contribution in [0.3, 0.4) is 0 Å². The van der Waals surface area contributed by atoms with E-state index < -0.39 is 0 Å². The van der Waals surface area contributed by atoms with Crippen molar-refractivity contribution < 1.29 is 23.8 Å². The first-order valence-electron chi connectivity index (χ1n) is 17.4. The molecule has 264 valence electrons. The van der Waals surface area contributed by atoms with Crippen molar-refractivity contribution in [3.05, 3.63) is 112 Å². The molecular weight excluding hydrogens is 657 g/mol. The Morgan fingerprint density at radius 1 is 1.12 bits per heavy atom. The van der Waals surface area contributed by atoms with Crippen LogP contribution in [0.25, 0.3) is 0 Å². The molecule has 0 spiro atoms. The second-order valence-corrected chi connectivity index (χ2v) is 13.6. The average Bonchev–Trinajstić information content (AvgIpc) is 3.43. The topological polar surface area (TPSA) is 99.5 Å². The van der Waals surface area contributed by atoms with E-state index in [1.54, 1.807) is 24.3 Å². The van der Waals surface area contributed by atoms with Gasteiger partial charge in [-0.2, -0.15) is 0 Å². The van der Waals surface area contributed by atoms with Gasteiger partial charge >= 0.3 is 0 Å². The van der Waals surface area contributed by atoms with Gasteiger partial charge in [-0.15, -0.1) is 0 Å². The number of rotatable bonds is 12. The number of piperidine rings is 1. The summed E-state index contributed by atoms with van der Waals surface area (Å²) < 4.78 is 25.7. The van der Waals surface area contributed by atoms with Gasteiger partial charge in [0.15, 0.2) is 0 Å². The molecule has 11 heteroatoms. The first-order chi connectivity index (χ1) is 24.3. The number of carbonyl (C=O) groups is 1. The first kappa shape index (κ1) is 35.6. The fourth-order valence-electron chi connectivity index (χ4n) is 6.67. The second kappa shape index (κ2) is 17.1. The fraction of sp³-hybridized carbons (Fsp3) is 0.410. The molecule has 1 amide bonds. The van der Waals surface area contributed by atoms with Crippen LogP contribution >= 0.6 is 11.6 Å². The number of aromatic nitrogens is 1. The van der Waals surface area contributed by atoms with Crippen molar-refractivity contribution in [3.63, 3.8) is 0 Å². The number of benzene rings is 2. The molecule has 4 aliphatic rings. The number of aromatic hydroxyl groups is 1.